The molecular weight excluding hydrogens is 376 g/mol. The molecule has 4 rings (SSSR count). The molecule has 0 aliphatic carbocycles. The van der Waals surface area contributed by atoms with Crippen molar-refractivity contribution in [2.45, 2.75) is 32.6 Å². The van der Waals surface area contributed by atoms with Gasteiger partial charge < -0.3 is 15.0 Å². The average molecular weight is 405 g/mol. The minimum absolute atomic E-state index is 0.0131. The van der Waals surface area contributed by atoms with Gasteiger partial charge in [0, 0.05) is 24.7 Å². The molecule has 1 amide bonds. The second-order valence-electron chi connectivity index (χ2n) is 8.04. The molecular formula is C24H28N4O2. The molecule has 2 aromatic carbocycles. The van der Waals surface area contributed by atoms with Crippen LogP contribution in [0.15, 0.2) is 48.5 Å². The third kappa shape index (κ3) is 4.08. The smallest absolute Gasteiger partial charge is 0.257 e. The number of amides is 1. The van der Waals surface area contributed by atoms with E-state index in [1.807, 2.05) is 42.5 Å². The van der Waals surface area contributed by atoms with Crippen molar-refractivity contribution in [2.24, 2.45) is 5.92 Å². The number of piperidine rings is 1. The third-order valence-electron chi connectivity index (χ3n) is 5.72. The van der Waals surface area contributed by atoms with Gasteiger partial charge in [0.1, 0.15) is 0 Å². The fraction of sp³-hybridized carbons (Fsp3) is 0.375. The molecule has 1 aliphatic rings. The highest BCUT2D eigenvalue weighted by molar-refractivity contribution is 5.93. The van der Waals surface area contributed by atoms with Crippen LogP contribution in [0.2, 0.25) is 0 Å². The van der Waals surface area contributed by atoms with E-state index in [1.54, 1.807) is 7.11 Å². The zero-order chi connectivity index (χ0) is 21.1. The average Bonchev–Trinajstić information content (AvgIpc) is 2.78. The van der Waals surface area contributed by atoms with E-state index in [1.165, 1.54) is 5.56 Å². The van der Waals surface area contributed by atoms with Gasteiger partial charge in [-0.05, 0) is 42.5 Å². The van der Waals surface area contributed by atoms with E-state index in [0.717, 1.165) is 48.5 Å². The second-order valence-corrected chi connectivity index (χ2v) is 8.04. The topological polar surface area (TPSA) is 67.4 Å². The first-order valence-electron chi connectivity index (χ1n) is 10.5. The molecule has 2 heterocycles. The number of hydrogen-bond acceptors (Lipinski definition) is 5. The first-order chi connectivity index (χ1) is 14.6. The summed E-state index contributed by atoms with van der Waals surface area (Å²) in [5.41, 5.74) is 3.75. The Morgan fingerprint density at radius 3 is 2.33 bits per heavy atom. The summed E-state index contributed by atoms with van der Waals surface area (Å²) in [5, 5.41) is 3.15. The summed E-state index contributed by atoms with van der Waals surface area (Å²) in [5.74, 6) is 1.73. The molecule has 1 N–H and O–H groups in total. The zero-order valence-electron chi connectivity index (χ0n) is 17.8. The Morgan fingerprint density at radius 2 is 1.67 bits per heavy atom. The quantitative estimate of drug-likeness (QED) is 0.672. The predicted octanol–water partition coefficient (Wildman–Crippen LogP) is 4.62. The molecule has 6 nitrogen and oxygen atoms in total. The van der Waals surface area contributed by atoms with Gasteiger partial charge in [0.15, 0.2) is 5.82 Å². The van der Waals surface area contributed by atoms with Crippen LogP contribution in [-0.2, 0) is 4.79 Å². The Morgan fingerprint density at radius 1 is 1.03 bits per heavy atom. The number of benzene rings is 2. The highest BCUT2D eigenvalue weighted by Crippen LogP contribution is 2.31. The van der Waals surface area contributed by atoms with Crippen LogP contribution in [0.5, 0.6) is 5.88 Å². The van der Waals surface area contributed by atoms with E-state index in [-0.39, 0.29) is 11.8 Å². The molecule has 0 bridgehead atoms. The molecule has 0 spiro atoms. The number of para-hydroxylation sites is 3. The van der Waals surface area contributed by atoms with Gasteiger partial charge in [-0.3, -0.25) is 4.79 Å². The van der Waals surface area contributed by atoms with Gasteiger partial charge in [0.25, 0.3) is 5.88 Å². The van der Waals surface area contributed by atoms with E-state index in [0.29, 0.717) is 11.8 Å². The van der Waals surface area contributed by atoms with Crippen LogP contribution in [0.1, 0.15) is 38.2 Å². The van der Waals surface area contributed by atoms with Crippen LogP contribution in [0, 0.1) is 5.92 Å². The van der Waals surface area contributed by atoms with E-state index >= 15 is 0 Å². The number of nitrogens with one attached hydrogen (secondary N) is 1. The van der Waals surface area contributed by atoms with E-state index < -0.39 is 0 Å². The van der Waals surface area contributed by atoms with Crippen LogP contribution < -0.4 is 15.0 Å². The maximum atomic E-state index is 12.9. The van der Waals surface area contributed by atoms with Crippen molar-refractivity contribution in [3.8, 4) is 5.88 Å². The van der Waals surface area contributed by atoms with Crippen molar-refractivity contribution in [3.63, 3.8) is 0 Å². The number of methoxy groups -OCH3 is 1. The molecule has 30 heavy (non-hydrogen) atoms. The van der Waals surface area contributed by atoms with E-state index in [4.69, 9.17) is 9.72 Å². The van der Waals surface area contributed by atoms with Crippen LogP contribution >= 0.6 is 0 Å². The molecule has 1 aliphatic heterocycles. The maximum absolute atomic E-state index is 12.9. The first-order valence-corrected chi connectivity index (χ1v) is 10.5. The largest absolute Gasteiger partial charge is 0.478 e. The predicted molar refractivity (Wildman–Crippen MR) is 120 cm³/mol. The normalized spacial score (nSPS) is 14.9. The highest BCUT2D eigenvalue weighted by atomic mass is 16.5. The van der Waals surface area contributed by atoms with Crippen molar-refractivity contribution in [1.29, 1.82) is 0 Å². The maximum Gasteiger partial charge on any atom is 0.257 e. The van der Waals surface area contributed by atoms with Gasteiger partial charge in [0.05, 0.1) is 18.1 Å². The summed E-state index contributed by atoms with van der Waals surface area (Å²) >= 11 is 0. The molecule has 1 aromatic heterocycles. The Hall–Kier alpha value is -3.15. The SMILES string of the molecule is COc1nc2ccccc2nc1N1CCC(C(=O)Nc2ccccc2C(C)C)CC1. The Bertz CT molecular complexity index is 1040. The number of fused-ring (bicyclic) bond motifs is 1. The van der Waals surface area contributed by atoms with Gasteiger partial charge in [-0.1, -0.05) is 44.2 Å². The minimum atomic E-state index is -0.0131. The lowest BCUT2D eigenvalue weighted by Gasteiger charge is -2.32. The van der Waals surface area contributed by atoms with E-state index in [2.05, 4.69) is 35.1 Å². The number of anilines is 2. The van der Waals surface area contributed by atoms with Crippen LogP contribution in [0.25, 0.3) is 11.0 Å². The molecule has 0 atom stereocenters. The van der Waals surface area contributed by atoms with Gasteiger partial charge in [-0.15, -0.1) is 0 Å². The number of hydrogen-bond donors (Lipinski definition) is 1. The lowest BCUT2D eigenvalue weighted by molar-refractivity contribution is -0.120. The number of carbonyl (C=O) groups is 1. The number of nitrogens with zero attached hydrogens (tertiary/aromatic N) is 3. The molecule has 3 aromatic rings. The summed E-state index contributed by atoms with van der Waals surface area (Å²) in [6, 6.07) is 15.8. The molecule has 6 heteroatoms. The van der Waals surface area contributed by atoms with Crippen molar-refractivity contribution >= 4 is 28.4 Å². The summed E-state index contributed by atoms with van der Waals surface area (Å²) in [6.07, 6.45) is 1.54. The standard InChI is InChI=1S/C24H28N4O2/c1-16(2)18-8-4-5-9-19(18)26-23(29)17-12-14-28(15-13-17)22-24(30-3)27-21-11-7-6-10-20(21)25-22/h4-11,16-17H,12-15H2,1-3H3,(H,26,29). The minimum Gasteiger partial charge on any atom is -0.478 e. The summed E-state index contributed by atoms with van der Waals surface area (Å²) in [4.78, 5) is 24.4. The number of ether oxygens (including phenoxy) is 1. The first kappa shape index (κ1) is 20.1. The van der Waals surface area contributed by atoms with E-state index in [9.17, 15) is 4.79 Å². The Labute approximate surface area is 177 Å². The number of rotatable bonds is 5. The van der Waals surface area contributed by atoms with Crippen LogP contribution in [-0.4, -0.2) is 36.1 Å². The van der Waals surface area contributed by atoms with Crippen LogP contribution in [0.3, 0.4) is 0 Å². The number of aromatic nitrogens is 2. The third-order valence-corrected chi connectivity index (χ3v) is 5.72. The lowest BCUT2D eigenvalue weighted by atomic mass is 9.95. The van der Waals surface area contributed by atoms with Gasteiger partial charge >= 0.3 is 0 Å². The number of carbonyl (C=O) groups excluding carboxylic acids is 1. The van der Waals surface area contributed by atoms with Crippen molar-refractivity contribution < 1.29 is 9.53 Å². The summed E-state index contributed by atoms with van der Waals surface area (Å²) in [7, 11) is 1.62. The van der Waals surface area contributed by atoms with Crippen molar-refractivity contribution in [1.82, 2.24) is 9.97 Å². The fourth-order valence-corrected chi connectivity index (χ4v) is 4.02. The van der Waals surface area contributed by atoms with Crippen molar-refractivity contribution in [3.05, 3.63) is 54.1 Å². The monoisotopic (exact) mass is 404 g/mol. The zero-order valence-corrected chi connectivity index (χ0v) is 17.8. The lowest BCUT2D eigenvalue weighted by Crippen LogP contribution is -2.39. The Kier molecular flexibility index (Phi) is 5.84. The van der Waals surface area contributed by atoms with Gasteiger partial charge in [-0.2, -0.15) is 0 Å². The molecule has 1 fully saturated rings. The van der Waals surface area contributed by atoms with Gasteiger partial charge in [-0.25, -0.2) is 9.97 Å². The highest BCUT2D eigenvalue weighted by Gasteiger charge is 2.28. The van der Waals surface area contributed by atoms with Crippen LogP contribution in [0.4, 0.5) is 11.5 Å². The van der Waals surface area contributed by atoms with Gasteiger partial charge in [0.2, 0.25) is 5.91 Å². The molecule has 0 saturated carbocycles. The molecule has 1 saturated heterocycles. The second kappa shape index (κ2) is 8.69. The summed E-state index contributed by atoms with van der Waals surface area (Å²) in [6.45, 7) is 5.77. The molecule has 0 radical (unpaired) electrons. The fourth-order valence-electron chi connectivity index (χ4n) is 4.02. The Balaban J connectivity index is 1.45. The molecule has 156 valence electrons. The van der Waals surface area contributed by atoms with Crippen molar-refractivity contribution in [2.75, 3.05) is 30.4 Å². The summed E-state index contributed by atoms with van der Waals surface area (Å²) < 4.78 is 5.50. The molecule has 0 unspecified atom stereocenters.